The molecule has 1 aliphatic heterocycles. The van der Waals surface area contributed by atoms with Crippen LogP contribution < -0.4 is 9.47 Å². The molecule has 0 spiro atoms. The zero-order valence-corrected chi connectivity index (χ0v) is 20.4. The third-order valence-corrected chi connectivity index (χ3v) is 6.68. The number of benzene rings is 2. The number of hydrogen-bond acceptors (Lipinski definition) is 4. The zero-order valence-electron chi connectivity index (χ0n) is 20.4. The van der Waals surface area contributed by atoms with E-state index >= 15 is 0 Å². The second-order valence-corrected chi connectivity index (χ2v) is 8.84. The van der Waals surface area contributed by atoms with Gasteiger partial charge in [0.25, 0.3) is 5.91 Å². The summed E-state index contributed by atoms with van der Waals surface area (Å²) in [5, 5.41) is 0. The number of methoxy groups -OCH3 is 1. The fourth-order valence-corrected chi connectivity index (χ4v) is 4.92. The lowest BCUT2D eigenvalue weighted by atomic mass is 9.75. The SMILES string of the molecule is CC.COc1cc(CC(=O)Oc2ccc(C)cc2)ccc1C(=O)N1CCC2CCCC[C@H]2C1. The van der Waals surface area contributed by atoms with Gasteiger partial charge in [-0.05, 0) is 61.4 Å². The van der Waals surface area contributed by atoms with E-state index in [9.17, 15) is 9.59 Å². The Hall–Kier alpha value is -2.82. The second kappa shape index (κ2) is 11.9. The number of hydrogen-bond donors (Lipinski definition) is 0. The highest BCUT2D eigenvalue weighted by Crippen LogP contribution is 2.37. The monoisotopic (exact) mass is 451 g/mol. The van der Waals surface area contributed by atoms with Gasteiger partial charge >= 0.3 is 5.97 Å². The van der Waals surface area contributed by atoms with Crippen molar-refractivity contribution in [3.63, 3.8) is 0 Å². The van der Waals surface area contributed by atoms with Crippen molar-refractivity contribution in [3.05, 3.63) is 59.2 Å². The number of esters is 1. The van der Waals surface area contributed by atoms with E-state index in [4.69, 9.17) is 9.47 Å². The van der Waals surface area contributed by atoms with Crippen molar-refractivity contribution in [3.8, 4) is 11.5 Å². The van der Waals surface area contributed by atoms with E-state index in [1.54, 1.807) is 31.4 Å². The third kappa shape index (κ3) is 6.37. The minimum atomic E-state index is -0.343. The lowest BCUT2D eigenvalue weighted by Crippen LogP contribution is -2.44. The van der Waals surface area contributed by atoms with E-state index in [1.807, 2.05) is 43.9 Å². The molecular formula is C28H37NO4. The molecule has 2 atom stereocenters. The minimum Gasteiger partial charge on any atom is -0.496 e. The van der Waals surface area contributed by atoms with Crippen molar-refractivity contribution in [2.75, 3.05) is 20.2 Å². The highest BCUT2D eigenvalue weighted by Gasteiger charge is 2.33. The summed E-state index contributed by atoms with van der Waals surface area (Å²) in [6.07, 6.45) is 6.36. The molecule has 5 nitrogen and oxygen atoms in total. The molecule has 0 N–H and O–H groups in total. The lowest BCUT2D eigenvalue weighted by Gasteiger charge is -2.41. The van der Waals surface area contributed by atoms with Crippen LogP contribution in [0.15, 0.2) is 42.5 Å². The van der Waals surface area contributed by atoms with Crippen LogP contribution in [0, 0.1) is 18.8 Å². The molecule has 1 saturated carbocycles. The van der Waals surface area contributed by atoms with Crippen molar-refractivity contribution in [2.45, 2.75) is 59.3 Å². The molecule has 0 aromatic heterocycles. The first kappa shape index (κ1) is 24.8. The van der Waals surface area contributed by atoms with Crippen molar-refractivity contribution in [1.29, 1.82) is 0 Å². The Labute approximate surface area is 198 Å². The van der Waals surface area contributed by atoms with E-state index < -0.39 is 0 Å². The van der Waals surface area contributed by atoms with E-state index in [-0.39, 0.29) is 18.3 Å². The maximum Gasteiger partial charge on any atom is 0.315 e. The summed E-state index contributed by atoms with van der Waals surface area (Å²) < 4.78 is 10.9. The molecule has 2 fully saturated rings. The van der Waals surface area contributed by atoms with Gasteiger partial charge in [0.1, 0.15) is 11.5 Å². The topological polar surface area (TPSA) is 55.8 Å². The smallest absolute Gasteiger partial charge is 0.315 e. The van der Waals surface area contributed by atoms with E-state index in [1.165, 1.54) is 25.7 Å². The molecule has 178 valence electrons. The van der Waals surface area contributed by atoms with Crippen LogP contribution >= 0.6 is 0 Å². The molecule has 1 aliphatic carbocycles. The van der Waals surface area contributed by atoms with E-state index in [0.717, 1.165) is 36.6 Å². The highest BCUT2D eigenvalue weighted by molar-refractivity contribution is 5.97. The van der Waals surface area contributed by atoms with E-state index in [0.29, 0.717) is 23.0 Å². The van der Waals surface area contributed by atoms with Crippen LogP contribution in [0.4, 0.5) is 0 Å². The highest BCUT2D eigenvalue weighted by atomic mass is 16.5. The molecule has 2 aliphatic rings. The number of ether oxygens (including phenoxy) is 2. The molecule has 2 aromatic rings. The maximum absolute atomic E-state index is 13.2. The fraction of sp³-hybridized carbons (Fsp3) is 0.500. The van der Waals surface area contributed by atoms with Crippen LogP contribution in [0.3, 0.4) is 0 Å². The predicted molar refractivity (Wildman–Crippen MR) is 131 cm³/mol. The van der Waals surface area contributed by atoms with Crippen LogP contribution in [0.1, 0.15) is 67.4 Å². The van der Waals surface area contributed by atoms with Gasteiger partial charge < -0.3 is 14.4 Å². The van der Waals surface area contributed by atoms with Gasteiger partial charge in [0.05, 0.1) is 19.1 Å². The van der Waals surface area contributed by atoms with Gasteiger partial charge in [0.15, 0.2) is 0 Å². The number of amides is 1. The first-order valence-electron chi connectivity index (χ1n) is 12.3. The molecule has 33 heavy (non-hydrogen) atoms. The van der Waals surface area contributed by atoms with Gasteiger partial charge in [-0.1, -0.05) is 56.9 Å². The molecular weight excluding hydrogens is 414 g/mol. The van der Waals surface area contributed by atoms with Crippen LogP contribution in [0.25, 0.3) is 0 Å². The molecule has 1 unspecified atom stereocenters. The third-order valence-electron chi connectivity index (χ3n) is 6.68. The average Bonchev–Trinajstić information content (AvgIpc) is 2.86. The van der Waals surface area contributed by atoms with Crippen LogP contribution in [0.2, 0.25) is 0 Å². The Morgan fingerprint density at radius 3 is 2.36 bits per heavy atom. The number of rotatable bonds is 5. The number of carbonyl (C=O) groups excluding carboxylic acids is 2. The van der Waals surface area contributed by atoms with Crippen LogP contribution in [-0.4, -0.2) is 37.0 Å². The van der Waals surface area contributed by atoms with Crippen molar-refractivity contribution >= 4 is 11.9 Å². The van der Waals surface area contributed by atoms with Gasteiger partial charge in [-0.15, -0.1) is 0 Å². The fourth-order valence-electron chi connectivity index (χ4n) is 4.92. The first-order valence-corrected chi connectivity index (χ1v) is 12.3. The summed E-state index contributed by atoms with van der Waals surface area (Å²) in [6.45, 7) is 7.64. The summed E-state index contributed by atoms with van der Waals surface area (Å²) >= 11 is 0. The van der Waals surface area contributed by atoms with Gasteiger partial charge in [-0.3, -0.25) is 9.59 Å². The summed E-state index contributed by atoms with van der Waals surface area (Å²) in [4.78, 5) is 27.5. The molecule has 5 heteroatoms. The standard InChI is InChI=1S/C26H31NO4.C2H6/c1-18-7-10-22(11-8-18)31-25(28)16-19-9-12-23(24(15-19)30-2)26(29)27-14-13-20-5-3-4-6-21(20)17-27;1-2/h7-12,15,20-21H,3-6,13-14,16-17H2,1-2H3;1-2H3/t20?,21-;/m0./s1. The number of nitrogens with zero attached hydrogens (tertiary/aromatic N) is 1. The Bertz CT molecular complexity index is 937. The normalized spacial score (nSPS) is 19.6. The Balaban J connectivity index is 0.00000149. The molecule has 4 rings (SSSR count). The average molecular weight is 452 g/mol. The summed E-state index contributed by atoms with van der Waals surface area (Å²) in [5.41, 5.74) is 2.43. The van der Waals surface area contributed by atoms with Gasteiger partial charge in [-0.25, -0.2) is 0 Å². The van der Waals surface area contributed by atoms with Crippen molar-refractivity contribution < 1.29 is 19.1 Å². The number of piperidine rings is 1. The molecule has 1 saturated heterocycles. The molecule has 0 radical (unpaired) electrons. The largest absolute Gasteiger partial charge is 0.496 e. The molecule has 1 amide bonds. The minimum absolute atomic E-state index is 0.0228. The van der Waals surface area contributed by atoms with Crippen molar-refractivity contribution in [2.24, 2.45) is 11.8 Å². The Kier molecular flexibility index (Phi) is 8.93. The lowest BCUT2D eigenvalue weighted by molar-refractivity contribution is -0.133. The number of fused-ring (bicyclic) bond motifs is 1. The first-order chi connectivity index (χ1) is 16.0. The van der Waals surface area contributed by atoms with Crippen LogP contribution in [-0.2, 0) is 11.2 Å². The zero-order chi connectivity index (χ0) is 23.8. The summed E-state index contributed by atoms with van der Waals surface area (Å²) in [5.74, 6) is 2.13. The number of carbonyl (C=O) groups is 2. The van der Waals surface area contributed by atoms with Crippen molar-refractivity contribution in [1.82, 2.24) is 4.90 Å². The molecule has 2 aromatic carbocycles. The van der Waals surface area contributed by atoms with E-state index in [2.05, 4.69) is 0 Å². The second-order valence-electron chi connectivity index (χ2n) is 8.84. The molecule has 1 heterocycles. The Morgan fingerprint density at radius 1 is 0.970 bits per heavy atom. The Morgan fingerprint density at radius 2 is 1.67 bits per heavy atom. The number of aryl methyl sites for hydroxylation is 1. The summed E-state index contributed by atoms with van der Waals surface area (Å²) in [7, 11) is 1.56. The van der Waals surface area contributed by atoms with Gasteiger partial charge in [-0.2, -0.15) is 0 Å². The predicted octanol–water partition coefficient (Wildman–Crippen LogP) is 5.83. The van der Waals surface area contributed by atoms with Crippen LogP contribution in [0.5, 0.6) is 11.5 Å². The van der Waals surface area contributed by atoms with Gasteiger partial charge in [0, 0.05) is 13.1 Å². The number of likely N-dealkylation sites (tertiary alicyclic amines) is 1. The van der Waals surface area contributed by atoms with Gasteiger partial charge in [0.2, 0.25) is 0 Å². The molecule has 0 bridgehead atoms. The quantitative estimate of drug-likeness (QED) is 0.424. The summed E-state index contributed by atoms with van der Waals surface area (Å²) in [6, 6.07) is 12.7. The maximum atomic E-state index is 13.2.